The Balaban J connectivity index is 2.11. The van der Waals surface area contributed by atoms with Crippen molar-refractivity contribution < 1.29 is 0 Å². The van der Waals surface area contributed by atoms with Gasteiger partial charge in [-0.2, -0.15) is 0 Å². The smallest absolute Gasteiger partial charge is 0.0222 e. The minimum atomic E-state index is 0.334. The highest BCUT2D eigenvalue weighted by Gasteiger charge is 2.21. The lowest BCUT2D eigenvalue weighted by atomic mass is 9.90. The van der Waals surface area contributed by atoms with Gasteiger partial charge >= 0.3 is 0 Å². The fraction of sp³-hybridized carbons (Fsp3) is 0.647. The van der Waals surface area contributed by atoms with Crippen LogP contribution in [0.3, 0.4) is 0 Å². The molecule has 1 saturated carbocycles. The third-order valence-electron chi connectivity index (χ3n) is 4.88. The predicted molar refractivity (Wildman–Crippen MR) is 82.5 cm³/mol. The maximum absolute atomic E-state index is 6.22. The van der Waals surface area contributed by atoms with E-state index in [0.29, 0.717) is 12.1 Å². The standard InChI is InChI=1S/C17H28N2/c1-11-9-12(2)14(4)15(13(11)3)10-19-17-8-6-5-7-16(17)18/h9,16-17,19H,5-8,10,18H2,1-4H3. The van der Waals surface area contributed by atoms with E-state index in [1.165, 1.54) is 53.5 Å². The molecule has 1 aromatic carbocycles. The highest BCUT2D eigenvalue weighted by atomic mass is 15.0. The summed E-state index contributed by atoms with van der Waals surface area (Å²) in [6.07, 6.45) is 5.00. The number of nitrogens with one attached hydrogen (secondary N) is 1. The van der Waals surface area contributed by atoms with Crippen LogP contribution in [-0.2, 0) is 6.54 Å². The molecule has 19 heavy (non-hydrogen) atoms. The molecular formula is C17H28N2. The van der Waals surface area contributed by atoms with E-state index < -0.39 is 0 Å². The van der Waals surface area contributed by atoms with Crippen molar-refractivity contribution in [3.05, 3.63) is 33.9 Å². The van der Waals surface area contributed by atoms with E-state index in [1.54, 1.807) is 0 Å². The first-order valence-corrected chi connectivity index (χ1v) is 7.56. The maximum Gasteiger partial charge on any atom is 0.0222 e. The third kappa shape index (κ3) is 3.18. The Morgan fingerprint density at radius 3 is 2.21 bits per heavy atom. The van der Waals surface area contributed by atoms with E-state index in [4.69, 9.17) is 5.73 Å². The minimum Gasteiger partial charge on any atom is -0.326 e. The van der Waals surface area contributed by atoms with Crippen molar-refractivity contribution >= 4 is 0 Å². The molecule has 3 N–H and O–H groups in total. The molecule has 0 bridgehead atoms. The number of nitrogens with two attached hydrogens (primary N) is 1. The summed E-state index contributed by atoms with van der Waals surface area (Å²) >= 11 is 0. The third-order valence-corrected chi connectivity index (χ3v) is 4.88. The van der Waals surface area contributed by atoms with Crippen LogP contribution in [0.5, 0.6) is 0 Å². The normalized spacial score (nSPS) is 23.6. The minimum absolute atomic E-state index is 0.334. The van der Waals surface area contributed by atoms with E-state index in [1.807, 2.05) is 0 Å². The highest BCUT2D eigenvalue weighted by Crippen LogP contribution is 2.23. The van der Waals surface area contributed by atoms with Gasteiger partial charge in [0.15, 0.2) is 0 Å². The number of benzene rings is 1. The molecule has 0 heterocycles. The summed E-state index contributed by atoms with van der Waals surface area (Å²) in [5.41, 5.74) is 13.3. The topological polar surface area (TPSA) is 38.0 Å². The molecular weight excluding hydrogens is 232 g/mol. The quantitative estimate of drug-likeness (QED) is 0.875. The molecule has 106 valence electrons. The Labute approximate surface area is 117 Å². The summed E-state index contributed by atoms with van der Waals surface area (Å²) in [4.78, 5) is 0. The molecule has 0 amide bonds. The molecule has 0 aromatic heterocycles. The average Bonchev–Trinajstić information content (AvgIpc) is 2.38. The Morgan fingerprint density at radius 1 is 1.05 bits per heavy atom. The first kappa shape index (κ1) is 14.5. The van der Waals surface area contributed by atoms with Crippen LogP contribution in [0.4, 0.5) is 0 Å². The van der Waals surface area contributed by atoms with Gasteiger partial charge < -0.3 is 11.1 Å². The van der Waals surface area contributed by atoms with Crippen molar-refractivity contribution in [1.82, 2.24) is 5.32 Å². The second kappa shape index (κ2) is 6.06. The monoisotopic (exact) mass is 260 g/mol. The van der Waals surface area contributed by atoms with Gasteiger partial charge in [0.1, 0.15) is 0 Å². The zero-order valence-corrected chi connectivity index (χ0v) is 12.8. The van der Waals surface area contributed by atoms with E-state index in [2.05, 4.69) is 39.1 Å². The summed E-state index contributed by atoms with van der Waals surface area (Å²) < 4.78 is 0. The average molecular weight is 260 g/mol. The molecule has 1 aromatic rings. The molecule has 0 saturated heterocycles. The summed E-state index contributed by atoms with van der Waals surface area (Å²) in [5.74, 6) is 0. The molecule has 2 nitrogen and oxygen atoms in total. The fourth-order valence-corrected chi connectivity index (χ4v) is 3.21. The first-order valence-electron chi connectivity index (χ1n) is 7.56. The highest BCUT2D eigenvalue weighted by molar-refractivity contribution is 5.43. The van der Waals surface area contributed by atoms with Gasteiger partial charge in [0.25, 0.3) is 0 Å². The lowest BCUT2D eigenvalue weighted by molar-refractivity contribution is 0.326. The lowest BCUT2D eigenvalue weighted by Gasteiger charge is -2.30. The molecule has 2 rings (SSSR count). The van der Waals surface area contributed by atoms with Crippen molar-refractivity contribution in [2.24, 2.45) is 5.73 Å². The summed E-state index contributed by atoms with van der Waals surface area (Å²) in [6.45, 7) is 9.84. The second-order valence-electron chi connectivity index (χ2n) is 6.17. The van der Waals surface area contributed by atoms with Crippen LogP contribution in [0, 0.1) is 27.7 Å². The molecule has 2 atom stereocenters. The van der Waals surface area contributed by atoms with Gasteiger partial charge in [0, 0.05) is 18.6 Å². The number of aryl methyl sites for hydroxylation is 2. The fourth-order valence-electron chi connectivity index (χ4n) is 3.21. The summed E-state index contributed by atoms with van der Waals surface area (Å²) in [6, 6.07) is 3.12. The number of hydrogen-bond acceptors (Lipinski definition) is 2. The van der Waals surface area contributed by atoms with E-state index >= 15 is 0 Å². The van der Waals surface area contributed by atoms with Crippen molar-refractivity contribution in [3.8, 4) is 0 Å². The van der Waals surface area contributed by atoms with Crippen LogP contribution in [-0.4, -0.2) is 12.1 Å². The lowest BCUT2D eigenvalue weighted by Crippen LogP contribution is -2.46. The van der Waals surface area contributed by atoms with E-state index in [-0.39, 0.29) is 0 Å². The first-order chi connectivity index (χ1) is 9.00. The Kier molecular flexibility index (Phi) is 4.64. The molecule has 2 heteroatoms. The van der Waals surface area contributed by atoms with Gasteiger partial charge in [-0.05, 0) is 68.4 Å². The van der Waals surface area contributed by atoms with Gasteiger partial charge in [-0.1, -0.05) is 18.9 Å². The largest absolute Gasteiger partial charge is 0.326 e. The Morgan fingerprint density at radius 2 is 1.63 bits per heavy atom. The van der Waals surface area contributed by atoms with Crippen molar-refractivity contribution in [1.29, 1.82) is 0 Å². The van der Waals surface area contributed by atoms with Crippen molar-refractivity contribution in [3.63, 3.8) is 0 Å². The molecule has 1 aliphatic carbocycles. The van der Waals surface area contributed by atoms with Gasteiger partial charge in [-0.25, -0.2) is 0 Å². The van der Waals surface area contributed by atoms with Crippen LogP contribution in [0.2, 0.25) is 0 Å². The Hall–Kier alpha value is -0.860. The van der Waals surface area contributed by atoms with Crippen molar-refractivity contribution in [2.75, 3.05) is 0 Å². The van der Waals surface area contributed by atoms with Gasteiger partial charge in [0.05, 0.1) is 0 Å². The predicted octanol–water partition coefficient (Wildman–Crippen LogP) is 3.28. The van der Waals surface area contributed by atoms with Crippen LogP contribution in [0.15, 0.2) is 6.07 Å². The second-order valence-corrected chi connectivity index (χ2v) is 6.17. The zero-order chi connectivity index (χ0) is 14.0. The molecule has 0 aliphatic heterocycles. The van der Waals surface area contributed by atoms with Crippen LogP contribution in [0.25, 0.3) is 0 Å². The van der Waals surface area contributed by atoms with Gasteiger partial charge in [-0.3, -0.25) is 0 Å². The zero-order valence-electron chi connectivity index (χ0n) is 12.8. The summed E-state index contributed by atoms with van der Waals surface area (Å²) in [5, 5.41) is 3.70. The van der Waals surface area contributed by atoms with Crippen LogP contribution in [0.1, 0.15) is 53.5 Å². The molecule has 1 aliphatic rings. The molecule has 2 unspecified atom stereocenters. The van der Waals surface area contributed by atoms with Gasteiger partial charge in [-0.15, -0.1) is 0 Å². The number of rotatable bonds is 3. The Bertz CT molecular complexity index is 425. The molecule has 0 spiro atoms. The van der Waals surface area contributed by atoms with Gasteiger partial charge in [0.2, 0.25) is 0 Å². The van der Waals surface area contributed by atoms with E-state index in [0.717, 1.165) is 6.54 Å². The number of hydrogen-bond donors (Lipinski definition) is 2. The summed E-state index contributed by atoms with van der Waals surface area (Å²) in [7, 11) is 0. The SMILES string of the molecule is Cc1cc(C)c(C)c(CNC2CCCCC2N)c1C. The van der Waals surface area contributed by atoms with E-state index in [9.17, 15) is 0 Å². The molecule has 0 radical (unpaired) electrons. The van der Waals surface area contributed by atoms with Crippen LogP contribution >= 0.6 is 0 Å². The maximum atomic E-state index is 6.22. The van der Waals surface area contributed by atoms with Crippen LogP contribution < -0.4 is 11.1 Å². The van der Waals surface area contributed by atoms with Crippen molar-refractivity contribution in [2.45, 2.75) is 72.0 Å². The molecule has 1 fully saturated rings.